The van der Waals surface area contributed by atoms with E-state index in [1.807, 2.05) is 26.0 Å². The van der Waals surface area contributed by atoms with Crippen LogP contribution in [0.3, 0.4) is 0 Å². The normalized spacial score (nSPS) is 14.2. The van der Waals surface area contributed by atoms with E-state index in [1.54, 1.807) is 0 Å². The van der Waals surface area contributed by atoms with Gasteiger partial charge in [0.15, 0.2) is 0 Å². The summed E-state index contributed by atoms with van der Waals surface area (Å²) in [4.78, 5) is 3.58. The largest absolute Gasteiger partial charge is 0.355 e. The van der Waals surface area contributed by atoms with Gasteiger partial charge in [0.1, 0.15) is 0 Å². The fourth-order valence-electron chi connectivity index (χ4n) is 5.67. The van der Waals surface area contributed by atoms with Crippen molar-refractivity contribution in [3.63, 3.8) is 0 Å². The van der Waals surface area contributed by atoms with Crippen LogP contribution in [0.5, 0.6) is 0 Å². The van der Waals surface area contributed by atoms with Gasteiger partial charge in [0, 0.05) is 22.2 Å². The van der Waals surface area contributed by atoms with Crippen molar-refractivity contribution in [3.05, 3.63) is 149 Å². The van der Waals surface area contributed by atoms with Gasteiger partial charge in [0.05, 0.1) is 5.41 Å². The average Bonchev–Trinajstić information content (AvgIpc) is 3.44. The van der Waals surface area contributed by atoms with E-state index in [4.69, 9.17) is 0 Å². The summed E-state index contributed by atoms with van der Waals surface area (Å²) in [6, 6.07) is 26.2. The van der Waals surface area contributed by atoms with Crippen LogP contribution in [0.15, 0.2) is 116 Å². The summed E-state index contributed by atoms with van der Waals surface area (Å²) in [5.74, 6) is 0. The maximum absolute atomic E-state index is 4.30. The minimum Gasteiger partial charge on any atom is -0.355 e. The third-order valence-corrected chi connectivity index (χ3v) is 6.89. The highest BCUT2D eigenvalue weighted by Gasteiger charge is 2.47. The zero-order valence-electron chi connectivity index (χ0n) is 21.8. The van der Waals surface area contributed by atoms with Gasteiger partial charge in [0.25, 0.3) is 0 Å². The minimum absolute atomic E-state index is 0.444. The number of aromatic amines is 1. The maximum Gasteiger partial charge on any atom is 0.0713 e. The molecule has 1 aliphatic rings. The monoisotopic (exact) mass is 469 g/mol. The first-order chi connectivity index (χ1) is 17.7. The number of hydrogen-bond donors (Lipinski definition) is 1. The lowest BCUT2D eigenvalue weighted by molar-refractivity contribution is 0.762. The average molecular weight is 470 g/mol. The van der Waals surface area contributed by atoms with E-state index >= 15 is 0 Å². The van der Waals surface area contributed by atoms with E-state index in [-0.39, 0.29) is 0 Å². The summed E-state index contributed by atoms with van der Waals surface area (Å²) in [6.07, 6.45) is 12.6. The van der Waals surface area contributed by atoms with Gasteiger partial charge in [-0.25, -0.2) is 0 Å². The van der Waals surface area contributed by atoms with Crippen molar-refractivity contribution in [1.82, 2.24) is 4.98 Å². The summed E-state index contributed by atoms with van der Waals surface area (Å²) in [5, 5.41) is 1.22. The molecule has 0 saturated heterocycles. The van der Waals surface area contributed by atoms with Crippen LogP contribution in [0.25, 0.3) is 28.6 Å². The van der Waals surface area contributed by atoms with E-state index in [1.165, 1.54) is 44.3 Å². The predicted molar refractivity (Wildman–Crippen MR) is 159 cm³/mol. The van der Waals surface area contributed by atoms with Crippen LogP contribution in [0.2, 0.25) is 0 Å². The third-order valence-electron chi connectivity index (χ3n) is 6.89. The molecule has 1 heterocycles. The molecule has 1 heteroatoms. The van der Waals surface area contributed by atoms with Crippen LogP contribution in [-0.4, -0.2) is 4.98 Å². The van der Waals surface area contributed by atoms with Gasteiger partial charge in [-0.2, -0.15) is 0 Å². The molecule has 5 rings (SSSR count). The highest BCUT2D eigenvalue weighted by molar-refractivity contribution is 6.08. The highest BCUT2D eigenvalue weighted by atomic mass is 14.7. The highest BCUT2D eigenvalue weighted by Crippen LogP contribution is 2.57. The zero-order chi connectivity index (χ0) is 25.7. The number of rotatable bonds is 6. The first-order valence-corrected chi connectivity index (χ1v) is 12.8. The summed E-state index contributed by atoms with van der Waals surface area (Å²) in [6.45, 7) is 16.5. The molecular formula is C35H35N. The van der Waals surface area contributed by atoms with E-state index < -0.39 is 5.41 Å². The Morgan fingerprint density at radius 2 is 1.31 bits per heavy atom. The van der Waals surface area contributed by atoms with Crippen LogP contribution < -0.4 is 0 Å². The standard InChI is InChI=1S/C33H29N.C2H6/c1-5-15-26-29(8-4)34-30-22-21-28-31(32(26)30)25(7-3)27(16-6-2)33(28,23-17-11-9-12-18-23)24-19-13-10-14-20-24;1-2/h5-22,34H,3-4H2,1-2H3;1-2H3/b15-5-,16-6-;. The molecule has 1 nitrogen and oxygen atoms in total. The Hall–Kier alpha value is -4.10. The second kappa shape index (κ2) is 10.7. The molecule has 0 radical (unpaired) electrons. The van der Waals surface area contributed by atoms with E-state index in [2.05, 4.69) is 129 Å². The van der Waals surface area contributed by atoms with Crippen molar-refractivity contribution in [2.24, 2.45) is 0 Å². The molecule has 36 heavy (non-hydrogen) atoms. The van der Waals surface area contributed by atoms with Crippen molar-refractivity contribution in [2.75, 3.05) is 0 Å². The molecule has 180 valence electrons. The minimum atomic E-state index is -0.444. The number of fused-ring (bicyclic) bond motifs is 3. The Balaban J connectivity index is 0.00000148. The zero-order valence-corrected chi connectivity index (χ0v) is 21.8. The van der Waals surface area contributed by atoms with Crippen LogP contribution >= 0.6 is 0 Å². The fraction of sp³-hybridized carbons (Fsp3) is 0.143. The lowest BCUT2D eigenvalue weighted by atomic mass is 9.66. The smallest absolute Gasteiger partial charge is 0.0713 e. The van der Waals surface area contributed by atoms with Gasteiger partial charge >= 0.3 is 0 Å². The molecule has 0 spiro atoms. The Labute approximate surface area is 215 Å². The number of benzene rings is 3. The molecule has 0 fully saturated rings. The number of nitrogens with one attached hydrogen (secondary N) is 1. The fourth-order valence-corrected chi connectivity index (χ4v) is 5.67. The third kappa shape index (κ3) is 3.63. The first kappa shape index (κ1) is 25.0. The van der Waals surface area contributed by atoms with Crippen molar-refractivity contribution in [2.45, 2.75) is 33.1 Å². The predicted octanol–water partition coefficient (Wildman–Crippen LogP) is 9.73. The van der Waals surface area contributed by atoms with E-state index in [0.29, 0.717) is 0 Å². The van der Waals surface area contributed by atoms with Crippen LogP contribution in [0.1, 0.15) is 61.2 Å². The van der Waals surface area contributed by atoms with Gasteiger partial charge in [-0.1, -0.05) is 124 Å². The number of allylic oxidation sites excluding steroid dienone is 6. The van der Waals surface area contributed by atoms with Crippen LogP contribution in [0, 0.1) is 0 Å². The molecule has 1 aliphatic carbocycles. The lowest BCUT2D eigenvalue weighted by Crippen LogP contribution is -2.29. The Morgan fingerprint density at radius 3 is 1.81 bits per heavy atom. The lowest BCUT2D eigenvalue weighted by Gasteiger charge is -2.35. The van der Waals surface area contributed by atoms with Crippen LogP contribution in [0.4, 0.5) is 0 Å². The van der Waals surface area contributed by atoms with E-state index in [9.17, 15) is 0 Å². The molecule has 0 amide bonds. The summed E-state index contributed by atoms with van der Waals surface area (Å²) in [7, 11) is 0. The summed E-state index contributed by atoms with van der Waals surface area (Å²) < 4.78 is 0. The Bertz CT molecular complexity index is 1430. The van der Waals surface area contributed by atoms with Crippen molar-refractivity contribution in [1.29, 1.82) is 0 Å². The van der Waals surface area contributed by atoms with Crippen molar-refractivity contribution in [3.8, 4) is 0 Å². The molecule has 1 aromatic heterocycles. The summed E-state index contributed by atoms with van der Waals surface area (Å²) in [5.41, 5.74) is 10.3. The molecule has 0 saturated carbocycles. The number of hydrogen-bond acceptors (Lipinski definition) is 0. The Morgan fingerprint density at radius 1 is 0.722 bits per heavy atom. The number of H-pyrrole nitrogens is 1. The van der Waals surface area contributed by atoms with Gasteiger partial charge in [-0.05, 0) is 59.4 Å². The maximum atomic E-state index is 4.30. The molecular weight excluding hydrogens is 434 g/mol. The molecule has 4 aromatic rings. The molecule has 3 aromatic carbocycles. The van der Waals surface area contributed by atoms with Crippen LogP contribution in [-0.2, 0) is 5.41 Å². The molecule has 1 N–H and O–H groups in total. The molecule has 0 aliphatic heterocycles. The van der Waals surface area contributed by atoms with Gasteiger partial charge in [0.2, 0.25) is 0 Å². The van der Waals surface area contributed by atoms with Gasteiger partial charge in [-0.3, -0.25) is 0 Å². The van der Waals surface area contributed by atoms with E-state index in [0.717, 1.165) is 11.2 Å². The second-order valence-electron chi connectivity index (χ2n) is 8.58. The van der Waals surface area contributed by atoms with Crippen molar-refractivity contribution >= 4 is 28.6 Å². The second-order valence-corrected chi connectivity index (χ2v) is 8.58. The SMILES string of the molecule is C=CC1=C(/C=C\C)C(c2ccccc2)(c2ccccc2)c2ccc3[nH]c(C=C)c(/C=C\C)c3c21.CC. The topological polar surface area (TPSA) is 15.8 Å². The first-order valence-electron chi connectivity index (χ1n) is 12.8. The quantitative estimate of drug-likeness (QED) is 0.289. The summed E-state index contributed by atoms with van der Waals surface area (Å²) >= 11 is 0. The molecule has 0 bridgehead atoms. The Kier molecular flexibility index (Phi) is 7.41. The van der Waals surface area contributed by atoms with Crippen molar-refractivity contribution < 1.29 is 0 Å². The van der Waals surface area contributed by atoms with Gasteiger partial charge in [-0.15, -0.1) is 0 Å². The molecule has 0 unspecified atom stereocenters. The molecule has 0 atom stereocenters. The van der Waals surface area contributed by atoms with Gasteiger partial charge < -0.3 is 4.98 Å². The number of aromatic nitrogens is 1.